The van der Waals surface area contributed by atoms with E-state index in [2.05, 4.69) is 29.4 Å². The zero-order valence-corrected chi connectivity index (χ0v) is 19.9. The molecule has 5 aromatic rings. The molecule has 0 amide bonds. The summed E-state index contributed by atoms with van der Waals surface area (Å²) in [5.41, 5.74) is 6.40. The average molecular weight is 476 g/mol. The lowest BCUT2D eigenvalue weighted by molar-refractivity contribution is -0.140. The van der Waals surface area contributed by atoms with Gasteiger partial charge in [0.15, 0.2) is 5.76 Å². The summed E-state index contributed by atoms with van der Waals surface area (Å²) >= 11 is 0. The van der Waals surface area contributed by atoms with Crippen molar-refractivity contribution in [2.24, 2.45) is 0 Å². The fourth-order valence-corrected chi connectivity index (χ4v) is 4.66. The van der Waals surface area contributed by atoms with E-state index in [1.165, 1.54) is 11.1 Å². The zero-order valence-electron chi connectivity index (χ0n) is 19.9. The van der Waals surface area contributed by atoms with E-state index in [4.69, 9.17) is 9.40 Å². The zero-order chi connectivity index (χ0) is 24.7. The summed E-state index contributed by atoms with van der Waals surface area (Å²) in [6.07, 6.45) is 4.87. The van der Waals surface area contributed by atoms with Crippen LogP contribution in [0.25, 0.3) is 33.4 Å². The number of furan rings is 1. The molecule has 1 fully saturated rings. The summed E-state index contributed by atoms with van der Waals surface area (Å²) in [5, 5.41) is 13.7. The summed E-state index contributed by atoms with van der Waals surface area (Å²) in [6, 6.07) is 24.2. The van der Waals surface area contributed by atoms with Crippen LogP contribution in [-0.4, -0.2) is 21.0 Å². The van der Waals surface area contributed by atoms with E-state index >= 15 is 0 Å². The number of aliphatic carboxylic acids is 1. The molecule has 6 nitrogen and oxygen atoms in total. The number of carboxylic acids is 1. The number of hydrogen-bond acceptors (Lipinski definition) is 5. The molecule has 0 unspecified atom stereocenters. The molecule has 0 spiro atoms. The minimum Gasteiger partial charge on any atom is -0.481 e. The van der Waals surface area contributed by atoms with Crippen molar-refractivity contribution in [2.75, 3.05) is 5.32 Å². The molecule has 1 saturated carbocycles. The largest absolute Gasteiger partial charge is 0.481 e. The normalized spacial score (nSPS) is 14.0. The summed E-state index contributed by atoms with van der Waals surface area (Å²) in [5.74, 6) is 0.521. The molecule has 0 bridgehead atoms. The molecule has 1 aliphatic rings. The second-order valence-corrected chi connectivity index (χ2v) is 9.38. The Morgan fingerprint density at radius 1 is 0.972 bits per heavy atom. The number of aromatic nitrogens is 2. The highest BCUT2D eigenvalue weighted by molar-refractivity contribution is 5.91. The molecule has 0 aliphatic heterocycles. The van der Waals surface area contributed by atoms with Gasteiger partial charge in [0.1, 0.15) is 11.8 Å². The number of aryl methyl sites for hydroxylation is 1. The lowest BCUT2D eigenvalue weighted by Crippen LogP contribution is -2.19. The van der Waals surface area contributed by atoms with E-state index in [1.54, 1.807) is 12.5 Å². The smallest absolute Gasteiger partial charge is 0.314 e. The van der Waals surface area contributed by atoms with Gasteiger partial charge in [0, 0.05) is 18.3 Å². The van der Waals surface area contributed by atoms with E-state index < -0.39 is 11.4 Å². The Morgan fingerprint density at radius 3 is 2.31 bits per heavy atom. The van der Waals surface area contributed by atoms with E-state index in [0.29, 0.717) is 31.1 Å². The van der Waals surface area contributed by atoms with Gasteiger partial charge in [-0.1, -0.05) is 72.8 Å². The van der Waals surface area contributed by atoms with Gasteiger partial charge >= 0.3 is 5.97 Å². The molecule has 2 aromatic heterocycles. The average Bonchev–Trinajstić information content (AvgIpc) is 3.63. The highest BCUT2D eigenvalue weighted by atomic mass is 16.4. The number of anilines is 1. The number of carboxylic acid groups (broad SMARTS) is 1. The van der Waals surface area contributed by atoms with Crippen LogP contribution in [0.15, 0.2) is 89.7 Å². The Balaban J connectivity index is 1.23. The van der Waals surface area contributed by atoms with Gasteiger partial charge in [-0.25, -0.2) is 9.97 Å². The van der Waals surface area contributed by atoms with Crippen LogP contribution in [0.3, 0.4) is 0 Å². The highest BCUT2D eigenvalue weighted by Gasteiger charge is 2.51. The Bertz CT molecular complexity index is 1570. The molecule has 6 rings (SSSR count). The van der Waals surface area contributed by atoms with Crippen LogP contribution in [0, 0.1) is 6.92 Å². The van der Waals surface area contributed by atoms with Crippen molar-refractivity contribution in [1.29, 1.82) is 0 Å². The molecule has 178 valence electrons. The van der Waals surface area contributed by atoms with Crippen molar-refractivity contribution >= 4 is 22.8 Å². The molecular formula is C30H25N3O3. The van der Waals surface area contributed by atoms with Crippen LogP contribution in [0.1, 0.15) is 29.5 Å². The summed E-state index contributed by atoms with van der Waals surface area (Å²) in [4.78, 5) is 20.8. The Hall–Kier alpha value is -4.45. The lowest BCUT2D eigenvalue weighted by Gasteiger charge is -2.11. The van der Waals surface area contributed by atoms with Crippen molar-refractivity contribution < 1.29 is 14.3 Å². The Morgan fingerprint density at radius 2 is 1.64 bits per heavy atom. The van der Waals surface area contributed by atoms with Gasteiger partial charge in [0.05, 0.1) is 10.8 Å². The van der Waals surface area contributed by atoms with Crippen LogP contribution in [-0.2, 0) is 16.8 Å². The van der Waals surface area contributed by atoms with Crippen molar-refractivity contribution in [1.82, 2.24) is 9.97 Å². The van der Waals surface area contributed by atoms with Gasteiger partial charge in [0.25, 0.3) is 0 Å². The topological polar surface area (TPSA) is 88.2 Å². The van der Waals surface area contributed by atoms with Crippen LogP contribution in [0.2, 0.25) is 0 Å². The van der Waals surface area contributed by atoms with Gasteiger partial charge in [-0.3, -0.25) is 4.79 Å². The molecular weight excluding hydrogens is 450 g/mol. The number of fused-ring (bicyclic) bond motifs is 1. The van der Waals surface area contributed by atoms with E-state index in [-0.39, 0.29) is 0 Å². The summed E-state index contributed by atoms with van der Waals surface area (Å²) in [7, 11) is 0. The van der Waals surface area contributed by atoms with Gasteiger partial charge in [0.2, 0.25) is 5.95 Å². The van der Waals surface area contributed by atoms with E-state index in [9.17, 15) is 9.90 Å². The SMILES string of the molecule is Cc1ccccc1CNc1ncc2coc(-c3ccc(-c4ccc(C5(C(=O)O)CC5)cc4)cc3)c2n1. The van der Waals surface area contributed by atoms with Crippen molar-refractivity contribution in [3.63, 3.8) is 0 Å². The highest BCUT2D eigenvalue weighted by Crippen LogP contribution is 2.48. The van der Waals surface area contributed by atoms with E-state index in [1.807, 2.05) is 60.7 Å². The second-order valence-electron chi connectivity index (χ2n) is 9.38. The van der Waals surface area contributed by atoms with Gasteiger partial charge in [-0.15, -0.1) is 0 Å². The van der Waals surface area contributed by atoms with Gasteiger partial charge < -0.3 is 14.8 Å². The first-order valence-electron chi connectivity index (χ1n) is 12.0. The first kappa shape index (κ1) is 22.0. The van der Waals surface area contributed by atoms with Gasteiger partial charge in [-0.2, -0.15) is 0 Å². The fraction of sp³-hybridized carbons (Fsp3) is 0.167. The maximum absolute atomic E-state index is 11.6. The number of nitrogens with zero attached hydrogens (tertiary/aromatic N) is 2. The Kier molecular flexibility index (Phi) is 5.29. The third-order valence-corrected chi connectivity index (χ3v) is 7.11. The molecule has 1 aliphatic carbocycles. The maximum atomic E-state index is 11.6. The molecule has 0 saturated heterocycles. The number of carbonyl (C=O) groups is 1. The van der Waals surface area contributed by atoms with E-state index in [0.717, 1.165) is 33.2 Å². The minimum absolute atomic E-state index is 0.555. The molecule has 2 heterocycles. The van der Waals surface area contributed by atoms with Crippen molar-refractivity contribution in [3.8, 4) is 22.5 Å². The maximum Gasteiger partial charge on any atom is 0.314 e. The summed E-state index contributed by atoms with van der Waals surface area (Å²) < 4.78 is 5.88. The van der Waals surface area contributed by atoms with Crippen molar-refractivity contribution in [2.45, 2.75) is 31.7 Å². The quantitative estimate of drug-likeness (QED) is 0.276. The number of rotatable bonds is 7. The third-order valence-electron chi connectivity index (χ3n) is 7.11. The minimum atomic E-state index is -0.734. The molecule has 6 heteroatoms. The molecule has 3 aromatic carbocycles. The summed E-state index contributed by atoms with van der Waals surface area (Å²) in [6.45, 7) is 2.74. The molecule has 0 atom stereocenters. The number of benzene rings is 3. The first-order chi connectivity index (χ1) is 17.5. The lowest BCUT2D eigenvalue weighted by atomic mass is 9.93. The number of nitrogens with one attached hydrogen (secondary N) is 1. The Labute approximate surface area is 208 Å². The van der Waals surface area contributed by atoms with Crippen LogP contribution in [0.5, 0.6) is 0 Å². The van der Waals surface area contributed by atoms with Crippen molar-refractivity contribution in [3.05, 3.63) is 102 Å². The molecule has 2 N–H and O–H groups in total. The van der Waals surface area contributed by atoms with Gasteiger partial charge in [-0.05, 0) is 47.6 Å². The standard InChI is InChI=1S/C30H25N3O3/c1-19-4-2-3-5-23(19)16-31-29-32-17-24-18-36-27(26(24)33-29)22-8-6-20(7-9-22)21-10-12-25(13-11-21)30(14-15-30)28(34)35/h2-13,17-18H,14-16H2,1H3,(H,31,33)(H,34,35). The number of hydrogen-bond donors (Lipinski definition) is 2. The fourth-order valence-electron chi connectivity index (χ4n) is 4.66. The predicted molar refractivity (Wildman–Crippen MR) is 140 cm³/mol. The third kappa shape index (κ3) is 3.90. The second kappa shape index (κ2) is 8.64. The molecule has 36 heavy (non-hydrogen) atoms. The van der Waals surface area contributed by atoms with Crippen LogP contribution < -0.4 is 5.32 Å². The first-order valence-corrected chi connectivity index (χ1v) is 12.0. The monoisotopic (exact) mass is 475 g/mol. The van der Waals surface area contributed by atoms with Crippen LogP contribution >= 0.6 is 0 Å². The molecule has 0 radical (unpaired) electrons. The predicted octanol–water partition coefficient (Wildman–Crippen LogP) is 6.59. The van der Waals surface area contributed by atoms with Crippen LogP contribution in [0.4, 0.5) is 5.95 Å².